The molecule has 0 radical (unpaired) electrons. The van der Waals surface area contributed by atoms with Crippen molar-refractivity contribution in [1.29, 1.82) is 5.26 Å². The fourth-order valence-electron chi connectivity index (χ4n) is 2.18. The van der Waals surface area contributed by atoms with Crippen molar-refractivity contribution in [3.05, 3.63) is 23.8 Å². The van der Waals surface area contributed by atoms with Crippen LogP contribution in [-0.2, 0) is 16.4 Å². The van der Waals surface area contributed by atoms with E-state index in [0.717, 1.165) is 5.56 Å². The zero-order valence-electron chi connectivity index (χ0n) is 10.1. The second kappa shape index (κ2) is 4.50. The molecular weight excluding hydrogens is 250 g/mol. The zero-order valence-corrected chi connectivity index (χ0v) is 10.9. The van der Waals surface area contributed by atoms with Crippen molar-refractivity contribution in [2.45, 2.75) is 25.0 Å². The molecule has 0 bridgehead atoms. The zero-order chi connectivity index (χ0) is 13.3. The van der Waals surface area contributed by atoms with Gasteiger partial charge in [-0.25, -0.2) is 8.42 Å². The first-order chi connectivity index (χ1) is 8.50. The third-order valence-corrected chi connectivity index (χ3v) is 5.29. The molecule has 2 N–H and O–H groups in total. The van der Waals surface area contributed by atoms with Crippen LogP contribution >= 0.6 is 0 Å². The van der Waals surface area contributed by atoms with Crippen molar-refractivity contribution < 1.29 is 8.42 Å². The molecular formula is C12H15N3O2S. The molecule has 1 unspecified atom stereocenters. The molecule has 6 heteroatoms. The smallest absolute Gasteiger partial charge is 0.251 e. The molecule has 0 aromatic heterocycles. The van der Waals surface area contributed by atoms with E-state index in [-0.39, 0.29) is 0 Å². The number of benzene rings is 1. The molecule has 0 aliphatic carbocycles. The molecule has 0 saturated heterocycles. The van der Waals surface area contributed by atoms with E-state index in [1.54, 1.807) is 25.1 Å². The topological polar surface area (TPSA) is 87.2 Å². The molecule has 0 spiro atoms. The molecule has 1 aliphatic heterocycles. The molecule has 1 aromatic rings. The molecule has 1 aromatic carbocycles. The summed E-state index contributed by atoms with van der Waals surface area (Å²) in [5.74, 6) is 0. The number of nitrogens with two attached hydrogens (primary N) is 1. The summed E-state index contributed by atoms with van der Waals surface area (Å²) in [6.45, 7) is 2.09. The molecule has 96 valence electrons. The lowest BCUT2D eigenvalue weighted by molar-refractivity contribution is 0.583. The Bertz CT molecular complexity index is 604. The first-order valence-electron chi connectivity index (χ1n) is 5.80. The summed E-state index contributed by atoms with van der Waals surface area (Å²) in [5, 5.41) is 7.95. The third kappa shape index (κ3) is 1.91. The predicted octanol–water partition coefficient (Wildman–Crippen LogP) is 1.26. The summed E-state index contributed by atoms with van der Waals surface area (Å²) in [6, 6.07) is 7.03. The number of hydrogen-bond donors (Lipinski definition) is 1. The van der Waals surface area contributed by atoms with Crippen LogP contribution in [0.5, 0.6) is 0 Å². The van der Waals surface area contributed by atoms with Crippen molar-refractivity contribution >= 4 is 21.4 Å². The van der Waals surface area contributed by atoms with Crippen LogP contribution in [0.3, 0.4) is 0 Å². The summed E-state index contributed by atoms with van der Waals surface area (Å²) in [5.41, 5.74) is 7.88. The highest BCUT2D eigenvalue weighted by atomic mass is 32.2. The van der Waals surface area contributed by atoms with Crippen LogP contribution in [0.15, 0.2) is 18.2 Å². The van der Waals surface area contributed by atoms with Crippen LogP contribution in [-0.4, -0.2) is 20.2 Å². The number of sulfonamides is 1. The fourth-order valence-corrected chi connectivity index (χ4v) is 3.84. The lowest BCUT2D eigenvalue weighted by Gasteiger charge is -2.21. The summed E-state index contributed by atoms with van der Waals surface area (Å²) < 4.78 is 26.0. The van der Waals surface area contributed by atoms with E-state index in [2.05, 4.69) is 0 Å². The highest BCUT2D eigenvalue weighted by Crippen LogP contribution is 2.33. The van der Waals surface area contributed by atoms with Gasteiger partial charge in [0.15, 0.2) is 5.25 Å². The number of hydrogen-bond acceptors (Lipinski definition) is 4. The minimum Gasteiger partial charge on any atom is -0.399 e. The summed E-state index contributed by atoms with van der Waals surface area (Å²) in [4.78, 5) is 0. The maximum Gasteiger partial charge on any atom is 0.251 e. The first kappa shape index (κ1) is 12.7. The monoisotopic (exact) mass is 265 g/mol. The van der Waals surface area contributed by atoms with Crippen molar-refractivity contribution in [3.63, 3.8) is 0 Å². The van der Waals surface area contributed by atoms with Crippen LogP contribution < -0.4 is 10.0 Å². The van der Waals surface area contributed by atoms with Gasteiger partial charge in [0.1, 0.15) is 0 Å². The van der Waals surface area contributed by atoms with Crippen molar-refractivity contribution in [3.8, 4) is 6.07 Å². The van der Waals surface area contributed by atoms with Crippen molar-refractivity contribution in [1.82, 2.24) is 0 Å². The number of nitrogens with zero attached hydrogens (tertiary/aromatic N) is 2. The van der Waals surface area contributed by atoms with E-state index in [1.165, 1.54) is 4.31 Å². The number of nitriles is 1. The van der Waals surface area contributed by atoms with Gasteiger partial charge < -0.3 is 5.73 Å². The predicted molar refractivity (Wildman–Crippen MR) is 70.5 cm³/mol. The maximum absolute atomic E-state index is 12.3. The molecule has 1 atom stereocenters. The molecule has 5 nitrogen and oxygen atoms in total. The van der Waals surface area contributed by atoms with Gasteiger partial charge in [-0.05, 0) is 36.6 Å². The van der Waals surface area contributed by atoms with E-state index in [4.69, 9.17) is 11.0 Å². The first-order valence-corrected chi connectivity index (χ1v) is 7.30. The minimum absolute atomic E-state index is 0.291. The van der Waals surface area contributed by atoms with Gasteiger partial charge in [-0.3, -0.25) is 4.31 Å². The lowest BCUT2D eigenvalue weighted by atomic mass is 10.1. The van der Waals surface area contributed by atoms with E-state index in [1.807, 2.05) is 6.07 Å². The number of rotatable bonds is 3. The Kier molecular flexibility index (Phi) is 3.18. The van der Waals surface area contributed by atoms with E-state index in [9.17, 15) is 8.42 Å². The standard InChI is InChI=1S/C12H15N3O2S/c1-2-11(8-13)18(16,17)15-6-5-9-7-10(14)3-4-12(9)15/h3-4,7,11H,2,5-6,14H2,1H3. The highest BCUT2D eigenvalue weighted by Gasteiger charge is 2.35. The highest BCUT2D eigenvalue weighted by molar-refractivity contribution is 7.93. The third-order valence-electron chi connectivity index (χ3n) is 3.14. The van der Waals surface area contributed by atoms with Crippen LogP contribution in [0, 0.1) is 11.3 Å². The van der Waals surface area contributed by atoms with E-state index < -0.39 is 15.3 Å². The van der Waals surface area contributed by atoms with Crippen LogP contribution in [0.2, 0.25) is 0 Å². The summed E-state index contributed by atoms with van der Waals surface area (Å²) in [6.07, 6.45) is 0.932. The van der Waals surface area contributed by atoms with Gasteiger partial charge in [0.05, 0.1) is 11.8 Å². The Morgan fingerprint density at radius 1 is 1.56 bits per heavy atom. The van der Waals surface area contributed by atoms with Crippen LogP contribution in [0.25, 0.3) is 0 Å². The van der Waals surface area contributed by atoms with Gasteiger partial charge in [-0.15, -0.1) is 0 Å². The molecule has 0 amide bonds. The SMILES string of the molecule is CCC(C#N)S(=O)(=O)N1CCc2cc(N)ccc21. The van der Waals surface area contributed by atoms with Gasteiger partial charge >= 0.3 is 0 Å². The normalized spacial score (nSPS) is 16.1. The van der Waals surface area contributed by atoms with Crippen molar-refractivity contribution in [2.24, 2.45) is 0 Å². The van der Waals surface area contributed by atoms with E-state index >= 15 is 0 Å². The number of fused-ring (bicyclic) bond motifs is 1. The van der Waals surface area contributed by atoms with Crippen LogP contribution in [0.4, 0.5) is 11.4 Å². The Morgan fingerprint density at radius 2 is 2.28 bits per heavy atom. The fraction of sp³-hybridized carbons (Fsp3) is 0.417. The van der Waals surface area contributed by atoms with E-state index in [0.29, 0.717) is 30.8 Å². The Morgan fingerprint density at radius 3 is 2.89 bits per heavy atom. The van der Waals surface area contributed by atoms with Gasteiger partial charge in [0.2, 0.25) is 0 Å². The lowest BCUT2D eigenvalue weighted by Crippen LogP contribution is -2.36. The largest absolute Gasteiger partial charge is 0.399 e. The number of nitrogen functional groups attached to an aromatic ring is 1. The van der Waals surface area contributed by atoms with Gasteiger partial charge in [0.25, 0.3) is 10.0 Å². The van der Waals surface area contributed by atoms with Crippen molar-refractivity contribution in [2.75, 3.05) is 16.6 Å². The molecule has 2 rings (SSSR count). The van der Waals surface area contributed by atoms with Gasteiger partial charge in [-0.1, -0.05) is 6.92 Å². The molecule has 1 heterocycles. The Labute approximate surface area is 107 Å². The summed E-state index contributed by atoms with van der Waals surface area (Å²) in [7, 11) is -3.60. The second-order valence-electron chi connectivity index (χ2n) is 4.28. The molecule has 1 aliphatic rings. The number of anilines is 2. The van der Waals surface area contributed by atoms with Gasteiger partial charge in [0, 0.05) is 12.2 Å². The average Bonchev–Trinajstić information content (AvgIpc) is 2.73. The quantitative estimate of drug-likeness (QED) is 0.833. The molecule has 0 fully saturated rings. The maximum atomic E-state index is 12.3. The Balaban J connectivity index is 2.43. The second-order valence-corrected chi connectivity index (χ2v) is 6.32. The van der Waals surface area contributed by atoms with Crippen LogP contribution in [0.1, 0.15) is 18.9 Å². The molecule has 18 heavy (non-hydrogen) atoms. The minimum atomic E-state index is -3.60. The Hall–Kier alpha value is -1.74. The van der Waals surface area contributed by atoms with Gasteiger partial charge in [-0.2, -0.15) is 5.26 Å². The molecule has 0 saturated carbocycles. The average molecular weight is 265 g/mol. The summed E-state index contributed by atoms with van der Waals surface area (Å²) >= 11 is 0.